The van der Waals surface area contributed by atoms with Gasteiger partial charge in [-0.1, -0.05) is 44.5 Å². The summed E-state index contributed by atoms with van der Waals surface area (Å²) in [6.45, 7) is 11.7. The number of carboxylic acids is 2. The smallest absolute Gasteiger partial charge is 0.411 e. The van der Waals surface area contributed by atoms with Gasteiger partial charge in [-0.3, -0.25) is 10.6 Å². The van der Waals surface area contributed by atoms with Gasteiger partial charge in [0.15, 0.2) is 0 Å². The summed E-state index contributed by atoms with van der Waals surface area (Å²) < 4.78 is 31.3. The topological polar surface area (TPSA) is 256 Å². The van der Waals surface area contributed by atoms with Crippen molar-refractivity contribution in [3.05, 3.63) is 98.7 Å². The monoisotopic (exact) mass is 770 g/mol. The quantitative estimate of drug-likeness (QED) is 0.0657. The molecule has 1 aromatic rings. The van der Waals surface area contributed by atoms with E-state index in [1.54, 1.807) is 0 Å². The highest BCUT2D eigenvalue weighted by Crippen LogP contribution is 2.29. The molecule has 0 atom stereocenters. The molecule has 296 valence electrons. The Morgan fingerprint density at radius 2 is 0.855 bits per heavy atom. The Morgan fingerprint density at radius 1 is 0.564 bits per heavy atom. The van der Waals surface area contributed by atoms with Crippen LogP contribution in [0.1, 0.15) is 18.4 Å². The molecule has 0 fully saturated rings. The molecule has 0 aliphatic carbocycles. The molecule has 1 aromatic carbocycles. The van der Waals surface area contributed by atoms with Crippen LogP contribution < -0.4 is 10.6 Å². The van der Waals surface area contributed by atoms with Crippen LogP contribution in [-0.4, -0.2) is 97.9 Å². The molecule has 2 amide bonds. The largest absolute Gasteiger partial charge is 0.478 e. The highest BCUT2D eigenvalue weighted by atomic mass is 16.6. The maximum atomic E-state index is 13.0. The molecule has 4 N–H and O–H groups in total. The van der Waals surface area contributed by atoms with E-state index in [9.17, 15) is 38.4 Å². The van der Waals surface area contributed by atoms with Crippen molar-refractivity contribution in [1.82, 2.24) is 0 Å². The number of amides is 2. The summed E-state index contributed by atoms with van der Waals surface area (Å²) in [7, 11) is 0. The number of esters is 4. The number of aliphatic carboxylic acids is 2. The van der Waals surface area contributed by atoms with E-state index in [-0.39, 0.29) is 24.2 Å². The number of anilines is 2. The number of ether oxygens (including phenoxy) is 6. The van der Waals surface area contributed by atoms with Crippen molar-refractivity contribution < 1.29 is 77.0 Å². The second-order valence-corrected chi connectivity index (χ2v) is 11.5. The summed E-state index contributed by atoms with van der Waals surface area (Å²) in [6.07, 6.45) is 5.04. The van der Waals surface area contributed by atoms with E-state index < -0.39 is 98.5 Å². The van der Waals surface area contributed by atoms with Gasteiger partial charge < -0.3 is 38.6 Å². The zero-order chi connectivity index (χ0) is 41.4. The fraction of sp³-hybridized carbons (Fsp3) is 0.297. The summed E-state index contributed by atoms with van der Waals surface area (Å²) in [5.74, 6) is -5.98. The van der Waals surface area contributed by atoms with E-state index in [0.717, 1.165) is 36.5 Å². The first-order chi connectivity index (χ1) is 26.0. The second-order valence-electron chi connectivity index (χ2n) is 11.5. The van der Waals surface area contributed by atoms with E-state index in [1.807, 2.05) is 0 Å². The Morgan fingerprint density at radius 3 is 1.13 bits per heavy atom. The lowest BCUT2D eigenvalue weighted by molar-refractivity contribution is -0.151. The van der Waals surface area contributed by atoms with Gasteiger partial charge in [0.1, 0.15) is 39.6 Å². The lowest BCUT2D eigenvalue weighted by Crippen LogP contribution is -2.39. The standard InChI is InChI=1S/C37H42N2O16/c1-6-30(44)50-19-36(17-11-15-28(40)41,20-51-31(45)7-2)23-54-34(48)38-26-13-10-14-27(25(26)5)39-35(49)55-24-37(18-12-16-29(42)43,21-52-32(46)8-3)22-53-33(47)9-4/h6-16H,1-4,17-24H2,5H3,(H,38,48)(H,39,49)(H,40,41)(H,42,43). The van der Waals surface area contributed by atoms with E-state index >= 15 is 0 Å². The van der Waals surface area contributed by atoms with Crippen molar-refractivity contribution in [2.45, 2.75) is 19.8 Å². The van der Waals surface area contributed by atoms with Gasteiger partial charge in [0.05, 0.1) is 10.8 Å². The zero-order valence-corrected chi connectivity index (χ0v) is 29.9. The molecule has 55 heavy (non-hydrogen) atoms. The van der Waals surface area contributed by atoms with Crippen molar-refractivity contribution in [3.63, 3.8) is 0 Å². The van der Waals surface area contributed by atoms with Gasteiger partial charge in [-0.15, -0.1) is 0 Å². The first-order valence-corrected chi connectivity index (χ1v) is 16.0. The SMILES string of the molecule is C=CC(=O)OCC(CC=CC(=O)O)(COC(=O)C=C)COC(=O)Nc1cccc(NC(=O)OCC(CC=CC(=O)O)(COC(=O)C=C)COC(=O)C=C)c1C. The fourth-order valence-electron chi connectivity index (χ4n) is 4.19. The van der Waals surface area contributed by atoms with E-state index in [2.05, 4.69) is 36.9 Å². The zero-order valence-electron chi connectivity index (χ0n) is 29.9. The highest BCUT2D eigenvalue weighted by molar-refractivity contribution is 5.91. The van der Waals surface area contributed by atoms with Crippen LogP contribution in [0.2, 0.25) is 0 Å². The molecular weight excluding hydrogens is 728 g/mol. The van der Waals surface area contributed by atoms with Crippen LogP contribution in [0.25, 0.3) is 0 Å². The van der Waals surface area contributed by atoms with E-state index in [1.165, 1.54) is 37.3 Å². The molecule has 0 radical (unpaired) electrons. The van der Waals surface area contributed by atoms with Crippen LogP contribution in [-0.2, 0) is 57.2 Å². The van der Waals surface area contributed by atoms with E-state index in [4.69, 9.17) is 38.6 Å². The van der Waals surface area contributed by atoms with Gasteiger partial charge in [0.2, 0.25) is 0 Å². The van der Waals surface area contributed by atoms with Gasteiger partial charge in [-0.25, -0.2) is 38.4 Å². The lowest BCUT2D eigenvalue weighted by atomic mass is 9.86. The lowest BCUT2D eigenvalue weighted by Gasteiger charge is -2.31. The number of hydrogen-bond donors (Lipinski definition) is 4. The molecule has 0 aliphatic rings. The molecule has 18 nitrogen and oxygen atoms in total. The number of allylic oxidation sites excluding steroid dienone is 2. The van der Waals surface area contributed by atoms with Crippen LogP contribution >= 0.6 is 0 Å². The highest BCUT2D eigenvalue weighted by Gasteiger charge is 2.36. The molecule has 0 aromatic heterocycles. The van der Waals surface area contributed by atoms with Gasteiger partial charge in [-0.05, 0) is 37.5 Å². The third kappa shape index (κ3) is 17.9. The van der Waals surface area contributed by atoms with Crippen LogP contribution in [0.5, 0.6) is 0 Å². The van der Waals surface area contributed by atoms with Gasteiger partial charge in [0.25, 0.3) is 0 Å². The Bertz CT molecular complexity index is 1530. The maximum Gasteiger partial charge on any atom is 0.411 e. The minimum atomic E-state index is -1.45. The summed E-state index contributed by atoms with van der Waals surface area (Å²) in [6, 6.07) is 4.40. The van der Waals surface area contributed by atoms with Crippen molar-refractivity contribution in [1.29, 1.82) is 0 Å². The van der Waals surface area contributed by atoms with E-state index in [0.29, 0.717) is 5.56 Å². The van der Waals surface area contributed by atoms with Gasteiger partial charge >= 0.3 is 48.0 Å². The first kappa shape index (κ1) is 46.0. The average Bonchev–Trinajstić information content (AvgIpc) is 3.16. The molecule has 0 spiro atoms. The molecule has 0 heterocycles. The fourth-order valence-corrected chi connectivity index (χ4v) is 4.19. The molecular formula is C37H42N2O16. The Balaban J connectivity index is 3.22. The van der Waals surface area contributed by atoms with Gasteiger partial charge in [0, 0.05) is 47.8 Å². The van der Waals surface area contributed by atoms with Crippen LogP contribution in [0, 0.1) is 17.8 Å². The number of hydrogen-bond acceptors (Lipinski definition) is 14. The number of carboxylic acid groups (broad SMARTS) is 2. The Hall–Kier alpha value is -6.98. The molecule has 18 heteroatoms. The summed E-state index contributed by atoms with van der Waals surface area (Å²) in [5.41, 5.74) is -2.29. The van der Waals surface area contributed by atoms with Crippen molar-refractivity contribution in [2.24, 2.45) is 10.8 Å². The van der Waals surface area contributed by atoms with Gasteiger partial charge in [-0.2, -0.15) is 0 Å². The molecule has 0 aliphatic heterocycles. The molecule has 0 unspecified atom stereocenters. The normalized spacial score (nSPS) is 11.0. The predicted molar refractivity (Wildman–Crippen MR) is 193 cm³/mol. The van der Waals surface area contributed by atoms with Crippen LogP contribution in [0.4, 0.5) is 21.0 Å². The number of nitrogens with one attached hydrogen (secondary N) is 2. The third-order valence-corrected chi connectivity index (χ3v) is 7.20. The van der Waals surface area contributed by atoms with Crippen LogP contribution in [0.15, 0.2) is 93.1 Å². The minimum Gasteiger partial charge on any atom is -0.478 e. The molecule has 1 rings (SSSR count). The number of rotatable bonds is 24. The Kier molecular flexibility index (Phi) is 19.7. The number of benzene rings is 1. The van der Waals surface area contributed by atoms with Crippen molar-refractivity contribution in [2.75, 3.05) is 50.3 Å². The number of carbonyl (C=O) groups excluding carboxylic acids is 6. The summed E-state index contributed by atoms with van der Waals surface area (Å²) in [4.78, 5) is 95.5. The second kappa shape index (κ2) is 23.6. The summed E-state index contributed by atoms with van der Waals surface area (Å²) in [5, 5.41) is 23.1. The summed E-state index contributed by atoms with van der Waals surface area (Å²) >= 11 is 0. The van der Waals surface area contributed by atoms with Crippen molar-refractivity contribution >= 4 is 59.4 Å². The first-order valence-electron chi connectivity index (χ1n) is 16.0. The van der Waals surface area contributed by atoms with Crippen LogP contribution in [0.3, 0.4) is 0 Å². The average molecular weight is 771 g/mol. The molecule has 0 bridgehead atoms. The van der Waals surface area contributed by atoms with Crippen molar-refractivity contribution in [3.8, 4) is 0 Å². The number of carbonyl (C=O) groups is 8. The minimum absolute atomic E-state index is 0.149. The Labute approximate surface area is 315 Å². The molecule has 0 saturated heterocycles. The third-order valence-electron chi connectivity index (χ3n) is 7.20. The molecule has 0 saturated carbocycles. The maximum absolute atomic E-state index is 13.0. The predicted octanol–water partition coefficient (Wildman–Crippen LogP) is 4.04.